The van der Waals surface area contributed by atoms with Crippen molar-refractivity contribution in [2.75, 3.05) is 18.5 Å². The molecule has 0 fully saturated rings. The van der Waals surface area contributed by atoms with Crippen LogP contribution in [0.2, 0.25) is 0 Å². The third-order valence-electron chi connectivity index (χ3n) is 3.90. The highest BCUT2D eigenvalue weighted by molar-refractivity contribution is 7.99. The molecule has 4 nitrogen and oxygen atoms in total. The van der Waals surface area contributed by atoms with Crippen LogP contribution >= 0.6 is 30.7 Å². The van der Waals surface area contributed by atoms with Crippen molar-refractivity contribution in [1.82, 2.24) is 0 Å². The third-order valence-corrected chi connectivity index (χ3v) is 8.37. The lowest BCUT2D eigenvalue weighted by atomic mass is 10.3. The van der Waals surface area contributed by atoms with Crippen molar-refractivity contribution in [3.05, 3.63) is 77.0 Å². The fraction of sp³-hybridized carbons (Fsp3) is 0.238. The molecular formula is C21H24NO3PS2. The molecule has 0 radical (unpaired) electrons. The second-order valence-corrected chi connectivity index (χ2v) is 10.1. The molecule has 3 aromatic rings. The fourth-order valence-corrected chi connectivity index (χ4v) is 6.68. The lowest BCUT2D eigenvalue weighted by Crippen LogP contribution is -2.14. The van der Waals surface area contributed by atoms with E-state index in [9.17, 15) is 4.57 Å². The highest BCUT2D eigenvalue weighted by atomic mass is 32.2. The average Bonchev–Trinajstić information content (AvgIpc) is 3.22. The number of anilines is 1. The molecule has 148 valence electrons. The topological polar surface area (TPSA) is 47.6 Å². The Morgan fingerprint density at radius 3 is 2.29 bits per heavy atom. The summed E-state index contributed by atoms with van der Waals surface area (Å²) in [4.78, 5) is 3.11. The van der Waals surface area contributed by atoms with E-state index in [0.717, 1.165) is 20.4 Å². The third kappa shape index (κ3) is 5.28. The minimum absolute atomic E-state index is 0.321. The first kappa shape index (κ1) is 21.2. The Kier molecular flexibility index (Phi) is 7.77. The number of para-hydroxylation sites is 1. The standard InChI is InChI=1S/C21H24NO3PS2/c1-3-24-26(23,25-4-2)21(20-15-10-16-27-20)22-18-13-8-9-14-19(18)28-17-11-6-5-7-12-17/h5-16,21-22H,3-4H2,1-2H3. The predicted molar refractivity (Wildman–Crippen MR) is 119 cm³/mol. The monoisotopic (exact) mass is 433 g/mol. The SMILES string of the molecule is CCOP(=O)(OCC)C(Nc1ccccc1Sc1ccccc1)c1cccs1. The Hall–Kier alpha value is -1.56. The molecule has 0 amide bonds. The van der Waals surface area contributed by atoms with Crippen LogP contribution in [0.4, 0.5) is 5.69 Å². The number of rotatable bonds is 10. The van der Waals surface area contributed by atoms with Crippen molar-refractivity contribution in [3.8, 4) is 0 Å². The Balaban J connectivity index is 1.95. The lowest BCUT2D eigenvalue weighted by Gasteiger charge is -2.28. The molecule has 0 aliphatic rings. The first-order valence-electron chi connectivity index (χ1n) is 9.17. The molecular weight excluding hydrogens is 409 g/mol. The molecule has 1 atom stereocenters. The number of hydrogen-bond donors (Lipinski definition) is 1. The van der Waals surface area contributed by atoms with Crippen molar-refractivity contribution < 1.29 is 13.6 Å². The van der Waals surface area contributed by atoms with Crippen LogP contribution in [0.1, 0.15) is 24.5 Å². The van der Waals surface area contributed by atoms with Crippen LogP contribution < -0.4 is 5.32 Å². The van der Waals surface area contributed by atoms with Crippen molar-refractivity contribution >= 4 is 36.4 Å². The van der Waals surface area contributed by atoms with Crippen LogP contribution in [0.15, 0.2) is 81.9 Å². The Morgan fingerprint density at radius 1 is 0.964 bits per heavy atom. The smallest absolute Gasteiger partial charge is 0.358 e. The first-order chi connectivity index (χ1) is 13.7. The average molecular weight is 434 g/mol. The van der Waals surface area contributed by atoms with Gasteiger partial charge in [-0.15, -0.1) is 11.3 Å². The summed E-state index contributed by atoms with van der Waals surface area (Å²) in [6, 6.07) is 22.1. The molecule has 7 heteroatoms. The molecule has 1 heterocycles. The first-order valence-corrected chi connectivity index (χ1v) is 12.5. The summed E-state index contributed by atoms with van der Waals surface area (Å²) < 4.78 is 24.9. The van der Waals surface area contributed by atoms with Crippen LogP contribution in [0, 0.1) is 0 Å². The molecule has 3 rings (SSSR count). The molecule has 0 saturated heterocycles. The van der Waals surface area contributed by atoms with E-state index >= 15 is 0 Å². The lowest BCUT2D eigenvalue weighted by molar-refractivity contribution is 0.214. The molecule has 1 N–H and O–H groups in total. The largest absolute Gasteiger partial charge is 0.366 e. The maximum absolute atomic E-state index is 13.6. The highest BCUT2D eigenvalue weighted by Crippen LogP contribution is 2.61. The van der Waals surface area contributed by atoms with Crippen molar-refractivity contribution in [1.29, 1.82) is 0 Å². The quantitative estimate of drug-likeness (QED) is 0.341. The van der Waals surface area contributed by atoms with E-state index in [1.807, 2.05) is 67.8 Å². The van der Waals surface area contributed by atoms with Gasteiger partial charge in [0.2, 0.25) is 0 Å². The molecule has 0 saturated carbocycles. The maximum Gasteiger partial charge on any atom is 0.358 e. The Labute approximate surface area is 174 Å². The van der Waals surface area contributed by atoms with Gasteiger partial charge in [-0.2, -0.15) is 0 Å². The molecule has 1 aromatic heterocycles. The highest BCUT2D eigenvalue weighted by Gasteiger charge is 2.38. The van der Waals surface area contributed by atoms with Crippen LogP contribution in [-0.4, -0.2) is 13.2 Å². The van der Waals surface area contributed by atoms with E-state index in [0.29, 0.717) is 13.2 Å². The summed E-state index contributed by atoms with van der Waals surface area (Å²) in [6.07, 6.45) is 0. The number of benzene rings is 2. The summed E-state index contributed by atoms with van der Waals surface area (Å²) in [5.74, 6) is -0.565. The van der Waals surface area contributed by atoms with E-state index in [1.54, 1.807) is 11.8 Å². The summed E-state index contributed by atoms with van der Waals surface area (Å²) in [5.41, 5.74) is 0.898. The zero-order chi connectivity index (χ0) is 19.8. The number of nitrogens with one attached hydrogen (secondary N) is 1. The zero-order valence-corrected chi connectivity index (χ0v) is 18.4. The van der Waals surface area contributed by atoms with Crippen molar-refractivity contribution in [2.45, 2.75) is 29.4 Å². The van der Waals surface area contributed by atoms with Gasteiger partial charge in [-0.3, -0.25) is 4.57 Å². The van der Waals surface area contributed by atoms with Gasteiger partial charge in [-0.25, -0.2) is 0 Å². The summed E-state index contributed by atoms with van der Waals surface area (Å²) >= 11 is 3.20. The van der Waals surface area contributed by atoms with E-state index in [1.165, 1.54) is 11.3 Å². The van der Waals surface area contributed by atoms with Crippen LogP contribution in [0.25, 0.3) is 0 Å². The van der Waals surface area contributed by atoms with Gasteiger partial charge in [-0.1, -0.05) is 48.2 Å². The normalized spacial score (nSPS) is 12.6. The van der Waals surface area contributed by atoms with Crippen LogP contribution in [0.5, 0.6) is 0 Å². The predicted octanol–water partition coefficient (Wildman–Crippen LogP) is 7.28. The second-order valence-electron chi connectivity index (χ2n) is 5.85. The van der Waals surface area contributed by atoms with Gasteiger partial charge in [0.25, 0.3) is 0 Å². The van der Waals surface area contributed by atoms with Gasteiger partial charge >= 0.3 is 7.60 Å². The van der Waals surface area contributed by atoms with Gasteiger partial charge in [0.05, 0.1) is 13.2 Å². The summed E-state index contributed by atoms with van der Waals surface area (Å²) in [5, 5.41) is 5.43. The zero-order valence-electron chi connectivity index (χ0n) is 15.9. The Bertz CT molecular complexity index is 893. The minimum Gasteiger partial charge on any atom is -0.366 e. The van der Waals surface area contributed by atoms with E-state index in [2.05, 4.69) is 23.5 Å². The molecule has 0 aliphatic carbocycles. The van der Waals surface area contributed by atoms with Crippen LogP contribution in [0.3, 0.4) is 0 Å². The van der Waals surface area contributed by atoms with Gasteiger partial charge in [-0.05, 0) is 49.6 Å². The van der Waals surface area contributed by atoms with Crippen LogP contribution in [-0.2, 0) is 13.6 Å². The van der Waals surface area contributed by atoms with E-state index < -0.39 is 13.4 Å². The summed E-state index contributed by atoms with van der Waals surface area (Å²) in [7, 11) is -3.40. The number of thiophene rings is 1. The molecule has 28 heavy (non-hydrogen) atoms. The maximum atomic E-state index is 13.6. The number of hydrogen-bond acceptors (Lipinski definition) is 6. The fourth-order valence-electron chi connectivity index (χ4n) is 2.74. The van der Waals surface area contributed by atoms with Gasteiger partial charge in [0.1, 0.15) is 0 Å². The second kappa shape index (κ2) is 10.3. The molecule has 2 aromatic carbocycles. The molecule has 0 bridgehead atoms. The Morgan fingerprint density at radius 2 is 1.64 bits per heavy atom. The molecule has 0 spiro atoms. The van der Waals surface area contributed by atoms with E-state index in [4.69, 9.17) is 9.05 Å². The molecule has 0 aliphatic heterocycles. The van der Waals surface area contributed by atoms with Gasteiger partial charge < -0.3 is 14.4 Å². The van der Waals surface area contributed by atoms with Crippen molar-refractivity contribution in [2.24, 2.45) is 0 Å². The van der Waals surface area contributed by atoms with Gasteiger partial charge in [0, 0.05) is 20.4 Å². The van der Waals surface area contributed by atoms with E-state index in [-0.39, 0.29) is 0 Å². The minimum atomic E-state index is -3.40. The summed E-state index contributed by atoms with van der Waals surface area (Å²) in [6.45, 7) is 4.30. The van der Waals surface area contributed by atoms with Gasteiger partial charge in [0.15, 0.2) is 5.78 Å². The molecule has 1 unspecified atom stereocenters. The van der Waals surface area contributed by atoms with Crippen molar-refractivity contribution in [3.63, 3.8) is 0 Å².